The summed E-state index contributed by atoms with van der Waals surface area (Å²) in [5, 5.41) is 11.1. The molecule has 1 heterocycles. The Hall–Kier alpha value is -1.95. The second-order valence-electron chi connectivity index (χ2n) is 5.51. The van der Waals surface area contributed by atoms with Crippen molar-refractivity contribution in [3.05, 3.63) is 33.9 Å². The Morgan fingerprint density at radius 2 is 2.00 bits per heavy atom. The van der Waals surface area contributed by atoms with Crippen LogP contribution in [0, 0.1) is 16.0 Å². The summed E-state index contributed by atoms with van der Waals surface area (Å²) in [5.41, 5.74) is 1.52. The first-order chi connectivity index (χ1) is 9.97. The highest BCUT2D eigenvalue weighted by Gasteiger charge is 2.18. The molecular formula is C15H20N2O4. The van der Waals surface area contributed by atoms with E-state index in [1.165, 1.54) is 6.07 Å². The molecule has 2 rings (SSSR count). The molecule has 0 aliphatic carbocycles. The highest BCUT2D eigenvalue weighted by molar-refractivity contribution is 5.83. The van der Waals surface area contributed by atoms with E-state index in [9.17, 15) is 14.9 Å². The topological polar surface area (TPSA) is 72.7 Å². The van der Waals surface area contributed by atoms with Crippen LogP contribution in [0.25, 0.3) is 0 Å². The van der Waals surface area contributed by atoms with Crippen LogP contribution in [0.2, 0.25) is 0 Å². The number of rotatable bonds is 5. The largest absolute Gasteiger partial charge is 0.378 e. The minimum absolute atomic E-state index is 0.0329. The van der Waals surface area contributed by atoms with E-state index in [2.05, 4.69) is 4.90 Å². The lowest BCUT2D eigenvalue weighted by Crippen LogP contribution is -2.36. The molecule has 6 heteroatoms. The lowest BCUT2D eigenvalue weighted by Gasteiger charge is -2.29. The molecule has 21 heavy (non-hydrogen) atoms. The van der Waals surface area contributed by atoms with Gasteiger partial charge in [0.15, 0.2) is 0 Å². The lowest BCUT2D eigenvalue weighted by molar-refractivity contribution is -0.384. The predicted octanol–water partition coefficient (Wildman–Crippen LogP) is 2.20. The number of ether oxygens (including phenoxy) is 1. The van der Waals surface area contributed by atoms with E-state index in [4.69, 9.17) is 4.74 Å². The van der Waals surface area contributed by atoms with Gasteiger partial charge >= 0.3 is 0 Å². The van der Waals surface area contributed by atoms with Gasteiger partial charge in [0.25, 0.3) is 5.69 Å². The van der Waals surface area contributed by atoms with Crippen molar-refractivity contribution >= 4 is 17.2 Å². The summed E-state index contributed by atoms with van der Waals surface area (Å²) in [4.78, 5) is 24.6. The first kappa shape index (κ1) is 15.4. The van der Waals surface area contributed by atoms with Crippen molar-refractivity contribution in [2.45, 2.75) is 20.3 Å². The molecule has 1 saturated heterocycles. The summed E-state index contributed by atoms with van der Waals surface area (Å²) < 4.78 is 5.30. The smallest absolute Gasteiger partial charge is 0.271 e. The molecule has 1 aliphatic rings. The maximum Gasteiger partial charge on any atom is 0.271 e. The van der Waals surface area contributed by atoms with Crippen molar-refractivity contribution in [1.29, 1.82) is 0 Å². The number of benzene rings is 1. The Bertz CT molecular complexity index is 536. The van der Waals surface area contributed by atoms with Gasteiger partial charge in [-0.2, -0.15) is 0 Å². The summed E-state index contributed by atoms with van der Waals surface area (Å²) in [7, 11) is 0. The van der Waals surface area contributed by atoms with Crippen molar-refractivity contribution in [1.82, 2.24) is 0 Å². The highest BCUT2D eigenvalue weighted by atomic mass is 16.6. The summed E-state index contributed by atoms with van der Waals surface area (Å²) in [6.45, 7) is 6.31. The summed E-state index contributed by atoms with van der Waals surface area (Å²) >= 11 is 0. The van der Waals surface area contributed by atoms with Crippen molar-refractivity contribution in [3.8, 4) is 0 Å². The van der Waals surface area contributed by atoms with Gasteiger partial charge in [0.1, 0.15) is 5.78 Å². The Morgan fingerprint density at radius 3 is 2.57 bits per heavy atom. The highest BCUT2D eigenvalue weighted by Crippen LogP contribution is 2.25. The minimum Gasteiger partial charge on any atom is -0.378 e. The van der Waals surface area contributed by atoms with Crippen LogP contribution in [0.15, 0.2) is 18.2 Å². The molecule has 0 spiro atoms. The number of Topliss-reactive ketones (excluding diaryl/α,β-unsaturated/α-hetero) is 1. The number of hydrogen-bond acceptors (Lipinski definition) is 5. The van der Waals surface area contributed by atoms with Crippen LogP contribution in [0.3, 0.4) is 0 Å². The normalized spacial score (nSPS) is 15.3. The summed E-state index contributed by atoms with van der Waals surface area (Å²) in [6.07, 6.45) is 0.233. The molecule has 0 atom stereocenters. The van der Waals surface area contributed by atoms with Crippen molar-refractivity contribution in [2.75, 3.05) is 31.2 Å². The number of nitro benzene ring substituents is 1. The third-order valence-corrected chi connectivity index (χ3v) is 3.57. The number of hydrogen-bond donors (Lipinski definition) is 0. The van der Waals surface area contributed by atoms with Gasteiger partial charge in [-0.3, -0.25) is 14.9 Å². The molecule has 0 unspecified atom stereocenters. The van der Waals surface area contributed by atoms with Gasteiger partial charge in [-0.15, -0.1) is 0 Å². The third-order valence-electron chi connectivity index (χ3n) is 3.57. The zero-order valence-electron chi connectivity index (χ0n) is 12.4. The Labute approximate surface area is 123 Å². The van der Waals surface area contributed by atoms with E-state index in [-0.39, 0.29) is 23.8 Å². The number of non-ortho nitro benzene ring substituents is 1. The van der Waals surface area contributed by atoms with Crippen LogP contribution < -0.4 is 4.90 Å². The first-order valence-corrected chi connectivity index (χ1v) is 7.11. The zero-order valence-corrected chi connectivity index (χ0v) is 12.4. The van der Waals surface area contributed by atoms with E-state index >= 15 is 0 Å². The fourth-order valence-corrected chi connectivity index (χ4v) is 2.27. The molecule has 0 N–H and O–H groups in total. The maximum absolute atomic E-state index is 11.9. The SMILES string of the molecule is CC(C)C(=O)Cc1cc(N2CCOCC2)cc([N+](=O)[O-])c1. The van der Waals surface area contributed by atoms with E-state index in [1.807, 2.05) is 19.9 Å². The van der Waals surface area contributed by atoms with Crippen LogP contribution in [0.4, 0.5) is 11.4 Å². The molecule has 0 saturated carbocycles. The van der Waals surface area contributed by atoms with Gasteiger partial charge in [-0.25, -0.2) is 0 Å². The number of anilines is 1. The first-order valence-electron chi connectivity index (χ1n) is 7.11. The van der Waals surface area contributed by atoms with Gasteiger partial charge in [0.2, 0.25) is 0 Å². The average molecular weight is 292 g/mol. The molecule has 1 fully saturated rings. The fourth-order valence-electron chi connectivity index (χ4n) is 2.27. The van der Waals surface area contributed by atoms with E-state index < -0.39 is 4.92 Å². The molecule has 114 valence electrons. The lowest BCUT2D eigenvalue weighted by atomic mass is 10.00. The fraction of sp³-hybridized carbons (Fsp3) is 0.533. The van der Waals surface area contributed by atoms with Gasteiger partial charge in [0.05, 0.1) is 18.1 Å². The second kappa shape index (κ2) is 6.67. The van der Waals surface area contributed by atoms with Crippen LogP contribution in [0.5, 0.6) is 0 Å². The van der Waals surface area contributed by atoms with Crippen LogP contribution >= 0.6 is 0 Å². The Morgan fingerprint density at radius 1 is 1.33 bits per heavy atom. The Kier molecular flexibility index (Phi) is 4.90. The molecule has 6 nitrogen and oxygen atoms in total. The third kappa shape index (κ3) is 4.01. The van der Waals surface area contributed by atoms with E-state index in [0.29, 0.717) is 31.9 Å². The molecule has 0 aromatic heterocycles. The molecule has 1 aliphatic heterocycles. The van der Waals surface area contributed by atoms with Gasteiger partial charge < -0.3 is 9.64 Å². The van der Waals surface area contributed by atoms with Crippen molar-refractivity contribution < 1.29 is 14.5 Å². The van der Waals surface area contributed by atoms with Crippen LogP contribution in [-0.4, -0.2) is 37.0 Å². The zero-order chi connectivity index (χ0) is 15.4. The molecule has 0 bridgehead atoms. The molecule has 1 aromatic carbocycles. The molecule has 1 aromatic rings. The summed E-state index contributed by atoms with van der Waals surface area (Å²) in [5.74, 6) is 0.0134. The minimum atomic E-state index is -0.409. The number of ketones is 1. The van der Waals surface area contributed by atoms with Crippen LogP contribution in [-0.2, 0) is 16.0 Å². The second-order valence-corrected chi connectivity index (χ2v) is 5.51. The van der Waals surface area contributed by atoms with Gasteiger partial charge in [-0.1, -0.05) is 13.8 Å². The number of nitrogens with zero attached hydrogens (tertiary/aromatic N) is 2. The molecule has 0 amide bonds. The van der Waals surface area contributed by atoms with E-state index in [1.54, 1.807) is 6.07 Å². The molecular weight excluding hydrogens is 272 g/mol. The standard InChI is InChI=1S/C15H20N2O4/c1-11(2)15(18)9-12-7-13(10-14(8-12)17(19)20)16-3-5-21-6-4-16/h7-8,10-11H,3-6,9H2,1-2H3. The number of carbonyl (C=O) groups excluding carboxylic acids is 1. The van der Waals surface area contributed by atoms with Crippen LogP contribution in [0.1, 0.15) is 19.4 Å². The number of carbonyl (C=O) groups is 1. The molecule has 0 radical (unpaired) electrons. The monoisotopic (exact) mass is 292 g/mol. The quantitative estimate of drug-likeness (QED) is 0.614. The van der Waals surface area contributed by atoms with Gasteiger partial charge in [-0.05, 0) is 11.6 Å². The van der Waals surface area contributed by atoms with Gasteiger partial charge in [0, 0.05) is 43.2 Å². The maximum atomic E-state index is 11.9. The van der Waals surface area contributed by atoms with Crippen molar-refractivity contribution in [3.63, 3.8) is 0 Å². The summed E-state index contributed by atoms with van der Waals surface area (Å²) in [6, 6.07) is 4.93. The Balaban J connectivity index is 2.29. The number of nitro groups is 1. The number of morpholine rings is 1. The van der Waals surface area contributed by atoms with Crippen molar-refractivity contribution in [2.24, 2.45) is 5.92 Å². The predicted molar refractivity (Wildman–Crippen MR) is 79.7 cm³/mol. The average Bonchev–Trinajstić information content (AvgIpc) is 2.47. The van der Waals surface area contributed by atoms with E-state index in [0.717, 1.165) is 5.69 Å².